The maximum atomic E-state index is 9.12. The molecule has 6 rings (SSSR count). The Morgan fingerprint density at radius 2 is 1.62 bits per heavy atom. The summed E-state index contributed by atoms with van der Waals surface area (Å²) in [7, 11) is 0. The van der Waals surface area contributed by atoms with E-state index in [4.69, 9.17) is 9.60 Å². The zero-order valence-corrected chi connectivity index (χ0v) is 18.6. The number of hydrogen-bond acceptors (Lipinski definition) is 0. The van der Waals surface area contributed by atoms with Crippen LogP contribution in [0, 0.1) is 11.8 Å². The number of aromatic nitrogens is 2. The van der Waals surface area contributed by atoms with Crippen LogP contribution in [0.3, 0.4) is 0 Å². The van der Waals surface area contributed by atoms with E-state index in [-0.39, 0.29) is 5.56 Å². The van der Waals surface area contributed by atoms with E-state index in [1.807, 2.05) is 38.2 Å². The fourth-order valence-electron chi connectivity index (χ4n) is 5.22. The predicted octanol–water partition coefficient (Wildman–Crippen LogP) is 6.96. The number of nitrogens with zero attached hydrogens (tertiary/aromatic N) is 2. The molecule has 0 fully saturated rings. The van der Waals surface area contributed by atoms with Gasteiger partial charge in [-0.2, -0.15) is 4.40 Å². The first-order valence-electron chi connectivity index (χ1n) is 14.8. The van der Waals surface area contributed by atoms with Gasteiger partial charge in [-0.05, 0) is 41.8 Å². The number of benzene rings is 3. The van der Waals surface area contributed by atoms with Crippen molar-refractivity contribution in [3.8, 4) is 11.3 Å². The Balaban J connectivity index is 1.80. The van der Waals surface area contributed by atoms with Crippen LogP contribution in [-0.2, 0) is 19.3 Å². The van der Waals surface area contributed by atoms with Crippen LogP contribution in [0.25, 0.3) is 38.6 Å². The van der Waals surface area contributed by atoms with E-state index >= 15 is 0 Å². The molecule has 0 saturated carbocycles. The molecule has 1 aliphatic rings. The Labute approximate surface area is 200 Å². The third-order valence-electron chi connectivity index (χ3n) is 6.29. The van der Waals surface area contributed by atoms with E-state index in [1.54, 1.807) is 18.2 Å². The molecule has 1 unspecified atom stereocenters. The van der Waals surface area contributed by atoms with Crippen molar-refractivity contribution in [2.24, 2.45) is 11.8 Å². The summed E-state index contributed by atoms with van der Waals surface area (Å²) in [5, 5.41) is 3.33. The number of fused-ring (bicyclic) bond motifs is 3. The second kappa shape index (κ2) is 7.20. The average molecular weight is 427 g/mol. The van der Waals surface area contributed by atoms with Crippen LogP contribution in [-0.4, -0.2) is 4.40 Å². The maximum absolute atomic E-state index is 9.12. The summed E-state index contributed by atoms with van der Waals surface area (Å²) in [6.07, 6.45) is -2.06. The van der Waals surface area contributed by atoms with Crippen LogP contribution in [0.15, 0.2) is 66.9 Å². The normalized spacial score (nSPS) is 18.4. The first-order chi connectivity index (χ1) is 18.3. The van der Waals surface area contributed by atoms with Gasteiger partial charge in [0.2, 0.25) is 0 Å². The van der Waals surface area contributed by atoms with Gasteiger partial charge in [-0.15, -0.1) is 0 Å². The number of para-hydroxylation sites is 1. The van der Waals surface area contributed by atoms with E-state index in [2.05, 4.69) is 33.2 Å². The molecular weight excluding hydrogens is 388 g/mol. The topological polar surface area (TPSA) is 8.29 Å². The van der Waals surface area contributed by atoms with Gasteiger partial charge >= 0.3 is 0 Å². The van der Waals surface area contributed by atoms with Crippen LogP contribution in [0.5, 0.6) is 0 Å². The van der Waals surface area contributed by atoms with Gasteiger partial charge in [0.25, 0.3) is 5.65 Å². The van der Waals surface area contributed by atoms with Crippen molar-refractivity contribution in [1.29, 1.82) is 0 Å². The highest BCUT2D eigenvalue weighted by Gasteiger charge is 2.32. The summed E-state index contributed by atoms with van der Waals surface area (Å²) < 4.78 is 64.7. The molecule has 0 radical (unpaired) electrons. The zero-order valence-electron chi connectivity index (χ0n) is 25.6. The minimum absolute atomic E-state index is 0.192. The summed E-state index contributed by atoms with van der Waals surface area (Å²) >= 11 is 0. The smallest absolute Gasteiger partial charge is 0.225 e. The fraction of sp³-hybridized carbons (Fsp3) is 0.300. The second-order valence-electron chi connectivity index (χ2n) is 9.05. The Morgan fingerprint density at radius 3 is 2.41 bits per heavy atom. The zero-order chi connectivity index (χ0) is 28.1. The summed E-state index contributed by atoms with van der Waals surface area (Å²) in [5.74, 6) is -1.70. The first-order valence-corrected chi connectivity index (χ1v) is 11.3. The SMILES string of the molecule is [2H]C([2H])([2H])C(C)C([2H])([2H])c1cccc(C([2H])([2H])C(C)C)c1-c1c[n+]2c3c4c(cccc4c4ccccc4n13)C2. The summed E-state index contributed by atoms with van der Waals surface area (Å²) in [6.45, 7) is 3.16. The molecule has 2 aromatic heterocycles. The molecular formula is C30H31N2+. The molecule has 3 heterocycles. The van der Waals surface area contributed by atoms with E-state index in [9.17, 15) is 0 Å². The molecule has 0 bridgehead atoms. The van der Waals surface area contributed by atoms with Gasteiger partial charge in [-0.1, -0.05) is 82.2 Å². The molecule has 2 nitrogen and oxygen atoms in total. The quantitative estimate of drug-likeness (QED) is 0.208. The molecule has 0 aliphatic carbocycles. The van der Waals surface area contributed by atoms with Crippen LogP contribution >= 0.6 is 0 Å². The van der Waals surface area contributed by atoms with Crippen molar-refractivity contribution < 1.29 is 14.2 Å². The molecule has 0 N–H and O–H groups in total. The van der Waals surface area contributed by atoms with Gasteiger partial charge in [-0.3, -0.25) is 0 Å². The first kappa shape index (κ1) is 13.4. The summed E-state index contributed by atoms with van der Waals surface area (Å²) in [5.41, 5.74) is 4.76. The monoisotopic (exact) mass is 426 g/mol. The molecule has 2 heteroatoms. The van der Waals surface area contributed by atoms with Crippen molar-refractivity contribution in [1.82, 2.24) is 4.40 Å². The number of rotatable bonds is 5. The van der Waals surface area contributed by atoms with E-state index < -0.39 is 31.4 Å². The molecule has 0 spiro atoms. The molecule has 5 aromatic rings. The molecule has 0 amide bonds. The van der Waals surface area contributed by atoms with Gasteiger partial charge in [0, 0.05) is 31.5 Å². The van der Waals surface area contributed by atoms with Gasteiger partial charge in [-0.25, -0.2) is 4.57 Å². The van der Waals surface area contributed by atoms with Crippen LogP contribution in [0.1, 0.15) is 53.9 Å². The largest absolute Gasteiger partial charge is 0.295 e. The third-order valence-corrected chi connectivity index (χ3v) is 6.29. The highest BCUT2D eigenvalue weighted by molar-refractivity contribution is 6.13. The molecule has 0 saturated heterocycles. The predicted molar refractivity (Wildman–Crippen MR) is 134 cm³/mol. The number of imidazole rings is 1. The van der Waals surface area contributed by atoms with Gasteiger partial charge in [0.1, 0.15) is 18.3 Å². The Bertz CT molecular complexity index is 1780. The maximum Gasteiger partial charge on any atom is 0.295 e. The summed E-state index contributed by atoms with van der Waals surface area (Å²) in [4.78, 5) is 0. The molecule has 1 atom stereocenters. The van der Waals surface area contributed by atoms with E-state index in [0.29, 0.717) is 23.4 Å². The summed E-state index contributed by atoms with van der Waals surface area (Å²) in [6, 6.07) is 19.4. The number of hydrogen-bond donors (Lipinski definition) is 0. The van der Waals surface area contributed by atoms with Crippen LogP contribution in [0.2, 0.25) is 0 Å². The van der Waals surface area contributed by atoms with Crippen molar-refractivity contribution in [3.05, 3.63) is 83.6 Å². The van der Waals surface area contributed by atoms with Crippen molar-refractivity contribution in [3.63, 3.8) is 0 Å². The lowest BCUT2D eigenvalue weighted by atomic mass is 9.89. The molecule has 32 heavy (non-hydrogen) atoms. The van der Waals surface area contributed by atoms with Crippen LogP contribution < -0.4 is 4.57 Å². The Morgan fingerprint density at radius 1 is 0.906 bits per heavy atom. The second-order valence-corrected chi connectivity index (χ2v) is 9.05. The lowest BCUT2D eigenvalue weighted by molar-refractivity contribution is -0.657. The Kier molecular flexibility index (Phi) is 3.02. The van der Waals surface area contributed by atoms with Gasteiger partial charge in [0.05, 0.1) is 5.39 Å². The fourth-order valence-corrected chi connectivity index (χ4v) is 5.22. The van der Waals surface area contributed by atoms with Gasteiger partial charge in [0.15, 0.2) is 5.69 Å². The standard InChI is InChI=1S/C30H31N2/c1-19(2)15-21-9-7-10-22(16-20(3)4)28(21)27-18-31-17-23-11-8-13-25-24-12-5-6-14-26(24)32(27)30(31)29(23)25/h5-14,18-20H,15-17H2,1-4H3/q+1/i1D3,15D2,16D2. The van der Waals surface area contributed by atoms with Crippen molar-refractivity contribution in [2.45, 2.75) is 46.9 Å². The highest BCUT2D eigenvalue weighted by atomic mass is 15.1. The minimum Gasteiger partial charge on any atom is -0.225 e. The Hall–Kier alpha value is -3.13. The molecule has 3 aromatic carbocycles. The molecule has 1 aliphatic heterocycles. The van der Waals surface area contributed by atoms with Gasteiger partial charge < -0.3 is 0 Å². The van der Waals surface area contributed by atoms with E-state index in [0.717, 1.165) is 27.3 Å². The highest BCUT2D eigenvalue weighted by Crippen LogP contribution is 2.39. The van der Waals surface area contributed by atoms with Crippen molar-refractivity contribution in [2.75, 3.05) is 0 Å². The number of pyridine rings is 1. The lowest BCUT2D eigenvalue weighted by Gasteiger charge is -2.16. The third kappa shape index (κ3) is 2.82. The minimum atomic E-state index is -2.53. The van der Waals surface area contributed by atoms with Crippen molar-refractivity contribution >= 4 is 27.3 Å². The van der Waals surface area contributed by atoms with E-state index in [1.165, 1.54) is 12.5 Å². The average Bonchev–Trinajstić information content (AvgIpc) is 3.44. The molecule has 160 valence electrons. The van der Waals surface area contributed by atoms with Crippen LogP contribution in [0.4, 0.5) is 0 Å². The lowest BCUT2D eigenvalue weighted by Crippen LogP contribution is -2.28.